The lowest BCUT2D eigenvalue weighted by Crippen LogP contribution is -2.16. The number of halogens is 1. The average Bonchev–Trinajstić information content (AvgIpc) is 2.88. The number of nitro groups is 1. The molecule has 0 aliphatic carbocycles. The Morgan fingerprint density at radius 2 is 1.96 bits per heavy atom. The second kappa shape index (κ2) is 5.31. The number of anilines is 2. The SMILES string of the molecule is CS(=O)(=O)c1cccc(N2CCc3ccc(F)cc32)c1[N+](=O)[O-]. The summed E-state index contributed by atoms with van der Waals surface area (Å²) in [6.45, 7) is 0.423. The summed E-state index contributed by atoms with van der Waals surface area (Å²) < 4.78 is 37.2. The van der Waals surface area contributed by atoms with Crippen molar-refractivity contribution in [2.75, 3.05) is 17.7 Å². The lowest BCUT2D eigenvalue weighted by Gasteiger charge is -2.20. The van der Waals surface area contributed by atoms with Crippen molar-refractivity contribution >= 4 is 26.9 Å². The molecule has 0 amide bonds. The zero-order chi connectivity index (χ0) is 16.8. The average molecular weight is 336 g/mol. The van der Waals surface area contributed by atoms with Crippen LogP contribution in [0.25, 0.3) is 0 Å². The Morgan fingerprint density at radius 1 is 1.22 bits per heavy atom. The van der Waals surface area contributed by atoms with Gasteiger partial charge in [0.15, 0.2) is 9.84 Å². The van der Waals surface area contributed by atoms with E-state index < -0.39 is 26.3 Å². The highest BCUT2D eigenvalue weighted by Gasteiger charge is 2.32. The summed E-state index contributed by atoms with van der Waals surface area (Å²) in [4.78, 5) is 12.0. The van der Waals surface area contributed by atoms with Gasteiger partial charge in [-0.3, -0.25) is 10.1 Å². The van der Waals surface area contributed by atoms with Gasteiger partial charge in [0.05, 0.1) is 4.92 Å². The van der Waals surface area contributed by atoms with Gasteiger partial charge in [-0.25, -0.2) is 12.8 Å². The van der Waals surface area contributed by atoms with Gasteiger partial charge < -0.3 is 4.90 Å². The molecule has 0 unspecified atom stereocenters. The van der Waals surface area contributed by atoms with Crippen LogP contribution in [0.2, 0.25) is 0 Å². The van der Waals surface area contributed by atoms with E-state index in [0.29, 0.717) is 18.7 Å². The van der Waals surface area contributed by atoms with Gasteiger partial charge in [0.2, 0.25) is 0 Å². The first-order chi connectivity index (χ1) is 10.8. The van der Waals surface area contributed by atoms with E-state index in [4.69, 9.17) is 0 Å². The van der Waals surface area contributed by atoms with Crippen molar-refractivity contribution < 1.29 is 17.7 Å². The van der Waals surface area contributed by atoms with Crippen LogP contribution >= 0.6 is 0 Å². The van der Waals surface area contributed by atoms with Crippen molar-refractivity contribution in [3.8, 4) is 0 Å². The van der Waals surface area contributed by atoms with E-state index in [9.17, 15) is 22.9 Å². The van der Waals surface area contributed by atoms with Crippen molar-refractivity contribution in [1.29, 1.82) is 0 Å². The molecule has 1 aliphatic heterocycles. The van der Waals surface area contributed by atoms with Gasteiger partial charge in [-0.2, -0.15) is 0 Å². The van der Waals surface area contributed by atoms with Crippen LogP contribution in [-0.4, -0.2) is 26.1 Å². The number of nitrogens with zero attached hydrogens (tertiary/aromatic N) is 2. The van der Waals surface area contributed by atoms with Crippen LogP contribution in [-0.2, 0) is 16.3 Å². The van der Waals surface area contributed by atoms with Gasteiger partial charge in [0.25, 0.3) is 0 Å². The quantitative estimate of drug-likeness (QED) is 0.636. The molecule has 0 aromatic heterocycles. The summed E-state index contributed by atoms with van der Waals surface area (Å²) in [7, 11) is -3.76. The Labute approximate surface area is 132 Å². The van der Waals surface area contributed by atoms with Crippen molar-refractivity contribution in [3.05, 3.63) is 57.9 Å². The summed E-state index contributed by atoms with van der Waals surface area (Å²) in [6, 6.07) is 8.42. The number of hydrogen-bond donors (Lipinski definition) is 0. The first kappa shape index (κ1) is 15.4. The molecule has 0 atom stereocenters. The molecule has 3 rings (SSSR count). The van der Waals surface area contributed by atoms with E-state index in [1.54, 1.807) is 11.0 Å². The van der Waals surface area contributed by atoms with Crippen molar-refractivity contribution in [1.82, 2.24) is 0 Å². The molecule has 0 saturated carbocycles. The molecule has 0 radical (unpaired) electrons. The minimum absolute atomic E-state index is 0.155. The molecular formula is C15H13FN2O4S. The number of fused-ring (bicyclic) bond motifs is 1. The second-order valence-electron chi connectivity index (χ2n) is 5.33. The van der Waals surface area contributed by atoms with Crippen LogP contribution in [0.5, 0.6) is 0 Å². The third kappa shape index (κ3) is 2.65. The van der Waals surface area contributed by atoms with Crippen LogP contribution in [0, 0.1) is 15.9 Å². The van der Waals surface area contributed by atoms with E-state index in [-0.39, 0.29) is 10.6 Å². The highest BCUT2D eigenvalue weighted by Crippen LogP contribution is 2.42. The van der Waals surface area contributed by atoms with E-state index in [2.05, 4.69) is 0 Å². The molecule has 0 saturated heterocycles. The highest BCUT2D eigenvalue weighted by atomic mass is 32.2. The molecule has 2 aromatic carbocycles. The molecular weight excluding hydrogens is 323 g/mol. The highest BCUT2D eigenvalue weighted by molar-refractivity contribution is 7.90. The first-order valence-corrected chi connectivity index (χ1v) is 8.71. The van der Waals surface area contributed by atoms with Crippen molar-refractivity contribution in [2.24, 2.45) is 0 Å². The molecule has 8 heteroatoms. The summed E-state index contributed by atoms with van der Waals surface area (Å²) in [6.07, 6.45) is 1.53. The number of benzene rings is 2. The molecule has 0 spiro atoms. The van der Waals surface area contributed by atoms with Gasteiger partial charge >= 0.3 is 5.69 Å². The molecule has 120 valence electrons. The van der Waals surface area contributed by atoms with Crippen LogP contribution in [0.3, 0.4) is 0 Å². The van der Waals surface area contributed by atoms with Crippen LogP contribution in [0.4, 0.5) is 21.5 Å². The summed E-state index contributed by atoms with van der Waals surface area (Å²) in [5.41, 5.74) is 1.07. The fraction of sp³-hybridized carbons (Fsp3) is 0.200. The maximum absolute atomic E-state index is 13.5. The number of nitro benzene ring substituents is 1. The van der Waals surface area contributed by atoms with E-state index in [1.807, 2.05) is 0 Å². The number of sulfone groups is 1. The smallest absolute Gasteiger partial charge is 0.311 e. The molecule has 1 heterocycles. The van der Waals surface area contributed by atoms with Crippen molar-refractivity contribution in [3.63, 3.8) is 0 Å². The molecule has 0 fully saturated rings. The first-order valence-electron chi connectivity index (χ1n) is 6.82. The minimum Gasteiger partial charge on any atom is -0.335 e. The predicted octanol–water partition coefficient (Wildman–Crippen LogP) is 2.83. The summed E-state index contributed by atoms with van der Waals surface area (Å²) in [5.74, 6) is -0.447. The lowest BCUT2D eigenvalue weighted by molar-refractivity contribution is -0.387. The number of rotatable bonds is 3. The molecule has 0 N–H and O–H groups in total. The normalized spacial score (nSPS) is 13.9. The van der Waals surface area contributed by atoms with Gasteiger partial charge in [-0.1, -0.05) is 12.1 Å². The Hall–Kier alpha value is -2.48. The number of hydrogen-bond acceptors (Lipinski definition) is 5. The maximum atomic E-state index is 13.5. The van der Waals surface area contributed by atoms with Crippen molar-refractivity contribution in [2.45, 2.75) is 11.3 Å². The molecule has 2 aromatic rings. The van der Waals surface area contributed by atoms with Gasteiger partial charge in [-0.15, -0.1) is 0 Å². The molecule has 23 heavy (non-hydrogen) atoms. The Kier molecular flexibility index (Phi) is 3.56. The van der Waals surface area contributed by atoms with E-state index >= 15 is 0 Å². The lowest BCUT2D eigenvalue weighted by atomic mass is 10.1. The predicted molar refractivity (Wildman–Crippen MR) is 83.3 cm³/mol. The third-order valence-electron chi connectivity index (χ3n) is 3.79. The Bertz CT molecular complexity index is 912. The molecule has 1 aliphatic rings. The Balaban J connectivity index is 2.24. The zero-order valence-corrected chi connectivity index (χ0v) is 13.0. The monoisotopic (exact) mass is 336 g/mol. The minimum atomic E-state index is -3.76. The molecule has 0 bridgehead atoms. The second-order valence-corrected chi connectivity index (χ2v) is 7.31. The fourth-order valence-electron chi connectivity index (χ4n) is 2.81. The van der Waals surface area contributed by atoms with Crippen LogP contribution < -0.4 is 4.90 Å². The van der Waals surface area contributed by atoms with Crippen LogP contribution in [0.1, 0.15) is 5.56 Å². The van der Waals surface area contributed by atoms with Gasteiger partial charge in [0.1, 0.15) is 16.4 Å². The standard InChI is InChI=1S/C15H13FN2O4S/c1-23(21,22)14-4-2-3-12(15(14)18(19)20)17-8-7-10-5-6-11(16)9-13(10)17/h2-6,9H,7-8H2,1H3. The summed E-state index contributed by atoms with van der Waals surface area (Å²) in [5, 5.41) is 11.5. The fourth-order valence-corrected chi connectivity index (χ4v) is 3.67. The third-order valence-corrected chi connectivity index (χ3v) is 4.92. The number of para-hydroxylation sites is 1. The Morgan fingerprint density at radius 3 is 2.61 bits per heavy atom. The van der Waals surface area contributed by atoms with E-state index in [1.165, 1.54) is 30.3 Å². The maximum Gasteiger partial charge on any atom is 0.311 e. The molecule has 6 nitrogen and oxygen atoms in total. The zero-order valence-electron chi connectivity index (χ0n) is 12.2. The van der Waals surface area contributed by atoms with Crippen LogP contribution in [0.15, 0.2) is 41.3 Å². The van der Waals surface area contributed by atoms with E-state index in [0.717, 1.165) is 11.8 Å². The topological polar surface area (TPSA) is 80.5 Å². The summed E-state index contributed by atoms with van der Waals surface area (Å²) >= 11 is 0. The largest absolute Gasteiger partial charge is 0.335 e. The van der Waals surface area contributed by atoms with Gasteiger partial charge in [0, 0.05) is 18.5 Å². The van der Waals surface area contributed by atoms with Gasteiger partial charge in [-0.05, 0) is 36.2 Å².